The first-order valence-electron chi connectivity index (χ1n) is 3.78. The Balaban J connectivity index is 2.84. The maximum Gasteiger partial charge on any atom is 0.179 e. The lowest BCUT2D eigenvalue weighted by Gasteiger charge is -2.01. The SMILES string of the molecule is CS(=O)(=O)c1cc2cn[nH]c2nc1N. The van der Waals surface area contributed by atoms with E-state index < -0.39 is 9.84 Å². The molecule has 2 heterocycles. The van der Waals surface area contributed by atoms with Crippen molar-refractivity contribution in [2.45, 2.75) is 4.90 Å². The van der Waals surface area contributed by atoms with Crippen LogP contribution >= 0.6 is 0 Å². The predicted octanol–water partition coefficient (Wildman–Crippen LogP) is -0.0564. The van der Waals surface area contributed by atoms with Gasteiger partial charge in [0, 0.05) is 11.6 Å². The second-order valence-electron chi connectivity index (χ2n) is 2.95. The summed E-state index contributed by atoms with van der Waals surface area (Å²) in [6, 6.07) is 1.45. The van der Waals surface area contributed by atoms with Gasteiger partial charge in [-0.2, -0.15) is 5.10 Å². The minimum Gasteiger partial charge on any atom is -0.383 e. The molecule has 0 fully saturated rings. The summed E-state index contributed by atoms with van der Waals surface area (Å²) >= 11 is 0. The van der Waals surface area contributed by atoms with E-state index in [2.05, 4.69) is 15.2 Å². The molecule has 2 rings (SSSR count). The third kappa shape index (κ3) is 1.31. The molecule has 0 unspecified atom stereocenters. The molecule has 0 aromatic carbocycles. The van der Waals surface area contributed by atoms with Gasteiger partial charge in [0.15, 0.2) is 15.5 Å². The molecule has 3 N–H and O–H groups in total. The average Bonchev–Trinajstić information content (AvgIpc) is 2.47. The van der Waals surface area contributed by atoms with Gasteiger partial charge in [0.1, 0.15) is 10.7 Å². The monoisotopic (exact) mass is 212 g/mol. The van der Waals surface area contributed by atoms with E-state index in [1.165, 1.54) is 12.3 Å². The van der Waals surface area contributed by atoms with Gasteiger partial charge in [-0.1, -0.05) is 0 Å². The lowest BCUT2D eigenvalue weighted by molar-refractivity contribution is 0.602. The van der Waals surface area contributed by atoms with Crippen LogP contribution in [0, 0.1) is 0 Å². The third-order valence-electron chi connectivity index (χ3n) is 1.82. The summed E-state index contributed by atoms with van der Waals surface area (Å²) in [4.78, 5) is 3.92. The molecule has 14 heavy (non-hydrogen) atoms. The van der Waals surface area contributed by atoms with Gasteiger partial charge in [-0.05, 0) is 6.07 Å². The Kier molecular flexibility index (Phi) is 1.71. The second-order valence-corrected chi connectivity index (χ2v) is 4.94. The zero-order valence-electron chi connectivity index (χ0n) is 7.35. The van der Waals surface area contributed by atoms with Crippen molar-refractivity contribution in [2.75, 3.05) is 12.0 Å². The summed E-state index contributed by atoms with van der Waals surface area (Å²) < 4.78 is 22.5. The number of H-pyrrole nitrogens is 1. The Labute approximate surface area is 80.1 Å². The van der Waals surface area contributed by atoms with Gasteiger partial charge in [-0.3, -0.25) is 5.10 Å². The first-order valence-corrected chi connectivity index (χ1v) is 5.67. The van der Waals surface area contributed by atoms with Crippen molar-refractivity contribution < 1.29 is 8.42 Å². The maximum absolute atomic E-state index is 11.3. The molecule has 0 aliphatic carbocycles. The highest BCUT2D eigenvalue weighted by molar-refractivity contribution is 7.90. The molecule has 0 saturated heterocycles. The van der Waals surface area contributed by atoms with Crippen LogP contribution < -0.4 is 5.73 Å². The van der Waals surface area contributed by atoms with Crippen molar-refractivity contribution in [2.24, 2.45) is 0 Å². The van der Waals surface area contributed by atoms with Crippen molar-refractivity contribution in [3.8, 4) is 0 Å². The molecule has 6 nitrogen and oxygen atoms in total. The van der Waals surface area contributed by atoms with Gasteiger partial charge in [0.25, 0.3) is 0 Å². The zero-order valence-corrected chi connectivity index (χ0v) is 8.17. The lowest BCUT2D eigenvalue weighted by Crippen LogP contribution is -2.04. The van der Waals surface area contributed by atoms with Gasteiger partial charge in [-0.25, -0.2) is 13.4 Å². The fraction of sp³-hybridized carbons (Fsp3) is 0.143. The van der Waals surface area contributed by atoms with Gasteiger partial charge >= 0.3 is 0 Å². The second kappa shape index (κ2) is 2.68. The number of nitrogens with one attached hydrogen (secondary N) is 1. The highest BCUT2D eigenvalue weighted by Crippen LogP contribution is 2.20. The first kappa shape index (κ1) is 8.95. The Morgan fingerprint density at radius 3 is 2.86 bits per heavy atom. The minimum absolute atomic E-state index is 0.00995. The quantitative estimate of drug-likeness (QED) is 0.689. The molecule has 74 valence electrons. The van der Waals surface area contributed by atoms with Crippen LogP contribution in [0.4, 0.5) is 5.82 Å². The summed E-state index contributed by atoms with van der Waals surface area (Å²) in [5.41, 5.74) is 5.98. The van der Waals surface area contributed by atoms with E-state index in [-0.39, 0.29) is 10.7 Å². The van der Waals surface area contributed by atoms with Crippen molar-refractivity contribution in [1.29, 1.82) is 0 Å². The fourth-order valence-electron chi connectivity index (χ4n) is 1.17. The molecule has 0 aliphatic rings. The largest absolute Gasteiger partial charge is 0.383 e. The van der Waals surface area contributed by atoms with Gasteiger partial charge < -0.3 is 5.73 Å². The standard InChI is InChI=1S/C7H8N4O2S/c1-14(12,13)5-2-4-3-9-11-7(4)10-6(5)8/h2-3H,1H3,(H3,8,9,10,11). The van der Waals surface area contributed by atoms with Crippen LogP contribution in [0.15, 0.2) is 17.2 Å². The molecule has 0 saturated carbocycles. The van der Waals surface area contributed by atoms with E-state index >= 15 is 0 Å². The number of pyridine rings is 1. The smallest absolute Gasteiger partial charge is 0.179 e. The number of aromatic nitrogens is 3. The van der Waals surface area contributed by atoms with E-state index in [4.69, 9.17) is 5.73 Å². The molecule has 7 heteroatoms. The number of nitrogen functional groups attached to an aromatic ring is 1. The fourth-order valence-corrected chi connectivity index (χ4v) is 1.94. The Hall–Kier alpha value is -1.63. The van der Waals surface area contributed by atoms with Gasteiger partial charge in [-0.15, -0.1) is 0 Å². The van der Waals surface area contributed by atoms with E-state index in [0.717, 1.165) is 6.26 Å². The minimum atomic E-state index is -3.33. The number of hydrogen-bond donors (Lipinski definition) is 2. The van der Waals surface area contributed by atoms with Crippen LogP contribution in [0.5, 0.6) is 0 Å². The third-order valence-corrected chi connectivity index (χ3v) is 2.94. The first-order chi connectivity index (χ1) is 6.48. The van der Waals surface area contributed by atoms with Crippen LogP contribution in [0.3, 0.4) is 0 Å². The van der Waals surface area contributed by atoms with Gasteiger partial charge in [0.05, 0.1) is 6.20 Å². The van der Waals surface area contributed by atoms with Gasteiger partial charge in [0.2, 0.25) is 0 Å². The molecule has 2 aromatic heterocycles. The molecule has 0 atom stereocenters. The van der Waals surface area contributed by atoms with Crippen LogP contribution in [0.1, 0.15) is 0 Å². The Morgan fingerprint density at radius 2 is 2.21 bits per heavy atom. The summed E-state index contributed by atoms with van der Waals surface area (Å²) in [6.07, 6.45) is 2.59. The van der Waals surface area contributed by atoms with Crippen LogP contribution in [-0.4, -0.2) is 29.9 Å². The van der Waals surface area contributed by atoms with E-state index in [1.807, 2.05) is 0 Å². The summed E-state index contributed by atoms with van der Waals surface area (Å²) in [7, 11) is -3.33. The van der Waals surface area contributed by atoms with Crippen molar-refractivity contribution in [3.05, 3.63) is 12.3 Å². The molecule has 2 aromatic rings. The highest BCUT2D eigenvalue weighted by Gasteiger charge is 2.14. The number of anilines is 1. The maximum atomic E-state index is 11.3. The van der Waals surface area contributed by atoms with E-state index in [9.17, 15) is 8.42 Å². The topological polar surface area (TPSA) is 102 Å². The lowest BCUT2D eigenvalue weighted by atomic mass is 10.3. The van der Waals surface area contributed by atoms with Crippen molar-refractivity contribution >= 4 is 26.7 Å². The molecule has 0 spiro atoms. The molecule has 0 amide bonds. The Bertz CT molecular complexity index is 587. The number of hydrogen-bond acceptors (Lipinski definition) is 5. The number of nitrogens with zero attached hydrogens (tertiary/aromatic N) is 2. The number of sulfone groups is 1. The average molecular weight is 212 g/mol. The van der Waals surface area contributed by atoms with E-state index in [1.54, 1.807) is 0 Å². The number of nitrogens with two attached hydrogens (primary N) is 1. The van der Waals surface area contributed by atoms with Crippen molar-refractivity contribution in [1.82, 2.24) is 15.2 Å². The molecule has 0 radical (unpaired) electrons. The van der Waals surface area contributed by atoms with Crippen LogP contribution in [-0.2, 0) is 9.84 Å². The number of fused-ring (bicyclic) bond motifs is 1. The molecular weight excluding hydrogens is 204 g/mol. The number of aromatic amines is 1. The summed E-state index contributed by atoms with van der Waals surface area (Å²) in [6.45, 7) is 0. The summed E-state index contributed by atoms with van der Waals surface area (Å²) in [5, 5.41) is 6.96. The van der Waals surface area contributed by atoms with Crippen LogP contribution in [0.2, 0.25) is 0 Å². The molecular formula is C7H8N4O2S. The molecule has 0 aliphatic heterocycles. The highest BCUT2D eigenvalue weighted by atomic mass is 32.2. The Morgan fingerprint density at radius 1 is 1.50 bits per heavy atom. The van der Waals surface area contributed by atoms with Crippen LogP contribution in [0.25, 0.3) is 11.0 Å². The molecule has 0 bridgehead atoms. The summed E-state index contributed by atoms with van der Waals surface area (Å²) in [5.74, 6) is -0.00995. The predicted molar refractivity (Wildman–Crippen MR) is 51.4 cm³/mol. The number of rotatable bonds is 1. The van der Waals surface area contributed by atoms with Crippen molar-refractivity contribution in [3.63, 3.8) is 0 Å². The zero-order chi connectivity index (χ0) is 10.3. The van der Waals surface area contributed by atoms with E-state index in [0.29, 0.717) is 11.0 Å². The normalized spacial score (nSPS) is 12.1.